The molecule has 0 unspecified atom stereocenters. The Morgan fingerprint density at radius 3 is 2.62 bits per heavy atom. The molecular weight excluding hydrogens is 302 g/mol. The van der Waals surface area contributed by atoms with Gasteiger partial charge in [-0.05, 0) is 35.0 Å². The molecule has 0 bridgehead atoms. The molecule has 118 valence electrons. The van der Waals surface area contributed by atoms with Gasteiger partial charge in [0.05, 0.1) is 12.8 Å². The maximum Gasteiger partial charge on any atom is 0.218 e. The van der Waals surface area contributed by atoms with E-state index in [9.17, 15) is 4.79 Å². The molecule has 3 aromatic carbocycles. The fourth-order valence-electron chi connectivity index (χ4n) is 2.89. The molecule has 0 spiro atoms. The Morgan fingerprint density at radius 2 is 1.83 bits per heavy atom. The van der Waals surface area contributed by atoms with Crippen LogP contribution >= 0.6 is 0 Å². The van der Waals surface area contributed by atoms with Gasteiger partial charge in [0.1, 0.15) is 17.6 Å². The average Bonchev–Trinajstić information content (AvgIpc) is 3.05. The Kier molecular flexibility index (Phi) is 3.43. The van der Waals surface area contributed by atoms with Gasteiger partial charge in [-0.1, -0.05) is 30.3 Å². The number of carbonyl (C=O) groups excluding carboxylic acids is 1. The standard InChI is InChI=1S/C20H15NO3/c1-23-17-8-9-18-19(12-24-20(18)11-17)21(13-22)16-7-6-14-4-2-3-5-15(14)10-16/h2-13H,1H3. The molecule has 0 saturated carbocycles. The van der Waals surface area contributed by atoms with Crippen molar-refractivity contribution in [1.82, 2.24) is 0 Å². The highest BCUT2D eigenvalue weighted by Crippen LogP contribution is 2.35. The lowest BCUT2D eigenvalue weighted by molar-refractivity contribution is -0.106. The number of carbonyl (C=O) groups is 1. The number of anilines is 2. The Balaban J connectivity index is 1.84. The molecule has 0 N–H and O–H groups in total. The van der Waals surface area contributed by atoms with E-state index in [1.807, 2.05) is 60.7 Å². The predicted octanol–water partition coefficient (Wildman–Crippen LogP) is 4.89. The molecule has 4 heteroatoms. The van der Waals surface area contributed by atoms with Crippen LogP contribution in [0.3, 0.4) is 0 Å². The van der Waals surface area contributed by atoms with Crippen molar-refractivity contribution in [3.8, 4) is 5.75 Å². The molecule has 4 nitrogen and oxygen atoms in total. The lowest BCUT2D eigenvalue weighted by atomic mass is 10.1. The second kappa shape index (κ2) is 5.74. The molecule has 0 aliphatic rings. The average molecular weight is 317 g/mol. The molecule has 24 heavy (non-hydrogen) atoms. The van der Waals surface area contributed by atoms with E-state index >= 15 is 0 Å². The van der Waals surface area contributed by atoms with Crippen LogP contribution in [0.4, 0.5) is 11.4 Å². The van der Waals surface area contributed by atoms with E-state index in [0.717, 1.165) is 28.3 Å². The molecular formula is C20H15NO3. The molecule has 1 aromatic heterocycles. The molecule has 1 amide bonds. The first-order chi connectivity index (χ1) is 11.8. The van der Waals surface area contributed by atoms with Gasteiger partial charge in [0, 0.05) is 17.1 Å². The Morgan fingerprint density at radius 1 is 1.00 bits per heavy atom. The fourth-order valence-corrected chi connectivity index (χ4v) is 2.89. The molecule has 0 aliphatic heterocycles. The largest absolute Gasteiger partial charge is 0.497 e. The normalized spacial score (nSPS) is 10.9. The van der Waals surface area contributed by atoms with E-state index in [0.29, 0.717) is 17.0 Å². The fraction of sp³-hybridized carbons (Fsp3) is 0.0500. The molecule has 0 radical (unpaired) electrons. The summed E-state index contributed by atoms with van der Waals surface area (Å²) in [7, 11) is 1.61. The first-order valence-electron chi connectivity index (χ1n) is 7.59. The zero-order chi connectivity index (χ0) is 16.5. The van der Waals surface area contributed by atoms with Gasteiger partial charge in [-0.2, -0.15) is 0 Å². The van der Waals surface area contributed by atoms with E-state index in [1.165, 1.54) is 0 Å². The lowest BCUT2D eigenvalue weighted by Gasteiger charge is -2.16. The summed E-state index contributed by atoms with van der Waals surface area (Å²) < 4.78 is 10.8. The SMILES string of the molecule is COc1ccc2c(N(C=O)c3ccc4ccccc4c3)coc2c1. The number of rotatable bonds is 4. The summed E-state index contributed by atoms with van der Waals surface area (Å²) in [4.78, 5) is 13.4. The Labute approximate surface area is 138 Å². The number of hydrogen-bond acceptors (Lipinski definition) is 3. The lowest BCUT2D eigenvalue weighted by Crippen LogP contribution is -2.13. The number of furan rings is 1. The molecule has 4 rings (SSSR count). The second-order valence-corrected chi connectivity index (χ2v) is 5.49. The van der Waals surface area contributed by atoms with Crippen LogP contribution < -0.4 is 9.64 Å². The van der Waals surface area contributed by atoms with Gasteiger partial charge in [0.25, 0.3) is 0 Å². The zero-order valence-corrected chi connectivity index (χ0v) is 13.1. The molecule has 0 saturated heterocycles. The maximum absolute atomic E-state index is 11.8. The number of hydrogen-bond donors (Lipinski definition) is 0. The van der Waals surface area contributed by atoms with Crippen LogP contribution in [0.25, 0.3) is 21.7 Å². The summed E-state index contributed by atoms with van der Waals surface area (Å²) in [6.45, 7) is 0. The highest BCUT2D eigenvalue weighted by molar-refractivity contribution is 6.02. The smallest absolute Gasteiger partial charge is 0.218 e. The van der Waals surface area contributed by atoms with Crippen LogP contribution in [0.1, 0.15) is 0 Å². The highest BCUT2D eigenvalue weighted by Gasteiger charge is 2.15. The monoisotopic (exact) mass is 317 g/mol. The van der Waals surface area contributed by atoms with Crippen molar-refractivity contribution in [2.24, 2.45) is 0 Å². The molecule has 0 aliphatic carbocycles. The van der Waals surface area contributed by atoms with E-state index < -0.39 is 0 Å². The van der Waals surface area contributed by atoms with E-state index in [-0.39, 0.29) is 0 Å². The third kappa shape index (κ3) is 2.29. The maximum atomic E-state index is 11.8. The van der Waals surface area contributed by atoms with E-state index in [4.69, 9.17) is 9.15 Å². The van der Waals surface area contributed by atoms with E-state index in [2.05, 4.69) is 0 Å². The zero-order valence-electron chi connectivity index (χ0n) is 13.1. The minimum Gasteiger partial charge on any atom is -0.497 e. The number of amides is 1. The highest BCUT2D eigenvalue weighted by atomic mass is 16.5. The van der Waals surface area contributed by atoms with Gasteiger partial charge in [0.2, 0.25) is 6.41 Å². The topological polar surface area (TPSA) is 42.7 Å². The van der Waals surface area contributed by atoms with Crippen molar-refractivity contribution in [1.29, 1.82) is 0 Å². The number of benzene rings is 3. The number of fused-ring (bicyclic) bond motifs is 2. The first-order valence-corrected chi connectivity index (χ1v) is 7.59. The van der Waals surface area contributed by atoms with Gasteiger partial charge >= 0.3 is 0 Å². The van der Waals surface area contributed by atoms with Crippen LogP contribution in [-0.2, 0) is 4.79 Å². The van der Waals surface area contributed by atoms with Crippen molar-refractivity contribution in [2.75, 3.05) is 12.0 Å². The third-order valence-corrected chi connectivity index (χ3v) is 4.14. The van der Waals surface area contributed by atoms with Crippen molar-refractivity contribution >= 4 is 39.5 Å². The van der Waals surface area contributed by atoms with Gasteiger partial charge in [-0.3, -0.25) is 9.69 Å². The van der Waals surface area contributed by atoms with Crippen LogP contribution in [0.5, 0.6) is 5.75 Å². The first kappa shape index (κ1) is 14.3. The Bertz CT molecular complexity index is 1040. The summed E-state index contributed by atoms with van der Waals surface area (Å²) in [6.07, 6.45) is 2.40. The van der Waals surface area contributed by atoms with Crippen LogP contribution in [-0.4, -0.2) is 13.5 Å². The predicted molar refractivity (Wildman–Crippen MR) is 94.9 cm³/mol. The number of methoxy groups -OCH3 is 1. The minimum atomic E-state index is 0.678. The number of nitrogens with zero attached hydrogens (tertiary/aromatic N) is 1. The Hall–Kier alpha value is -3.27. The number of ether oxygens (including phenoxy) is 1. The second-order valence-electron chi connectivity index (χ2n) is 5.49. The van der Waals surface area contributed by atoms with Crippen LogP contribution in [0.15, 0.2) is 71.3 Å². The van der Waals surface area contributed by atoms with Gasteiger partial charge in [-0.25, -0.2) is 0 Å². The van der Waals surface area contributed by atoms with Crippen molar-refractivity contribution < 1.29 is 13.9 Å². The summed E-state index contributed by atoms with van der Waals surface area (Å²) >= 11 is 0. The van der Waals surface area contributed by atoms with Crippen LogP contribution in [0.2, 0.25) is 0 Å². The molecule has 1 heterocycles. The van der Waals surface area contributed by atoms with Crippen molar-refractivity contribution in [2.45, 2.75) is 0 Å². The molecule has 0 fully saturated rings. The summed E-state index contributed by atoms with van der Waals surface area (Å²) in [5.41, 5.74) is 2.18. The van der Waals surface area contributed by atoms with Gasteiger partial charge in [0.15, 0.2) is 0 Å². The summed E-state index contributed by atoms with van der Waals surface area (Å²) in [6, 6.07) is 19.5. The third-order valence-electron chi connectivity index (χ3n) is 4.14. The molecule has 0 atom stereocenters. The van der Waals surface area contributed by atoms with Crippen molar-refractivity contribution in [3.63, 3.8) is 0 Å². The van der Waals surface area contributed by atoms with E-state index in [1.54, 1.807) is 18.3 Å². The van der Waals surface area contributed by atoms with Gasteiger partial charge < -0.3 is 9.15 Å². The quantitative estimate of drug-likeness (QED) is 0.503. The minimum absolute atomic E-state index is 0.678. The van der Waals surface area contributed by atoms with Crippen LogP contribution in [0, 0.1) is 0 Å². The summed E-state index contributed by atoms with van der Waals surface area (Å²) in [5, 5.41) is 3.07. The summed E-state index contributed by atoms with van der Waals surface area (Å²) in [5.74, 6) is 0.715. The molecule has 4 aromatic rings. The van der Waals surface area contributed by atoms with Crippen molar-refractivity contribution in [3.05, 3.63) is 66.9 Å². The van der Waals surface area contributed by atoms with Gasteiger partial charge in [-0.15, -0.1) is 0 Å².